The van der Waals surface area contributed by atoms with Crippen LogP contribution in [0.4, 0.5) is 0 Å². The van der Waals surface area contributed by atoms with Crippen LogP contribution in [0.3, 0.4) is 0 Å². The maximum Gasteiger partial charge on any atom is 0.343 e. The number of carbonyl (C=O) groups is 2. The molecule has 0 saturated heterocycles. The van der Waals surface area contributed by atoms with Gasteiger partial charge in [-0.05, 0) is 68.4 Å². The maximum atomic E-state index is 13.6. The molecule has 1 atom stereocenters. The topological polar surface area (TPSA) is 111 Å². The van der Waals surface area contributed by atoms with Crippen molar-refractivity contribution in [2.45, 2.75) is 122 Å². The summed E-state index contributed by atoms with van der Waals surface area (Å²) in [7, 11) is 0. The number of aryl methyl sites for hydroxylation is 1. The number of nitrogens with zero attached hydrogens (tertiary/aromatic N) is 3. The number of rotatable bonds is 7. The number of hydrogen-bond donors (Lipinski definition) is 1. The van der Waals surface area contributed by atoms with Gasteiger partial charge in [0.25, 0.3) is 5.56 Å². The van der Waals surface area contributed by atoms with Crippen LogP contribution < -0.4 is 10.3 Å². The van der Waals surface area contributed by atoms with Crippen LogP contribution >= 0.6 is 0 Å². The zero-order valence-corrected chi connectivity index (χ0v) is 26.4. The molecule has 0 spiro atoms. The van der Waals surface area contributed by atoms with E-state index in [2.05, 4.69) is 11.8 Å². The first kappa shape index (κ1) is 30.1. The number of fused-ring (bicyclic) bond motifs is 5. The highest BCUT2D eigenvalue weighted by Gasteiger charge is 2.45. The molecule has 2 aliphatic carbocycles. The fourth-order valence-corrected chi connectivity index (χ4v) is 8.30. The number of aromatic nitrogens is 2. The molecule has 9 nitrogen and oxygen atoms in total. The molecule has 9 heteroatoms. The molecular weight excluding hydrogens is 570 g/mol. The van der Waals surface area contributed by atoms with Gasteiger partial charge in [-0.3, -0.25) is 14.5 Å². The summed E-state index contributed by atoms with van der Waals surface area (Å²) in [6.07, 6.45) is 12.9. The van der Waals surface area contributed by atoms with E-state index in [1.54, 1.807) is 23.6 Å². The summed E-state index contributed by atoms with van der Waals surface area (Å²) in [5, 5.41) is 12.1. The Bertz CT molecular complexity index is 1700. The standard InChI is InChI=1S/C36H43N3O6/c1-3-25-26-17-24(45-32(40)20-38(22-11-7-5-8-12-22)23-13-9-6-10-14-23)15-16-30(26)37-33-27(25)19-39-31(33)18-29-28(34(39)41)21-44-35(42)36(29,43)4-2/h15-18,22-23,43H,3-14,19-21H2,1-2H3/t36-/m0/s1. The summed E-state index contributed by atoms with van der Waals surface area (Å²) in [5.41, 5.74) is 2.45. The van der Waals surface area contributed by atoms with E-state index in [9.17, 15) is 19.5 Å². The summed E-state index contributed by atoms with van der Waals surface area (Å²) < 4.78 is 12.9. The number of benzene rings is 1. The number of pyridine rings is 2. The van der Waals surface area contributed by atoms with Crippen molar-refractivity contribution < 1.29 is 24.2 Å². The van der Waals surface area contributed by atoms with E-state index in [1.807, 2.05) is 12.1 Å². The van der Waals surface area contributed by atoms with Crippen LogP contribution in [0.2, 0.25) is 0 Å². The van der Waals surface area contributed by atoms with Gasteiger partial charge in [-0.15, -0.1) is 0 Å². The van der Waals surface area contributed by atoms with Gasteiger partial charge in [-0.25, -0.2) is 9.78 Å². The molecule has 7 rings (SSSR count). The lowest BCUT2D eigenvalue weighted by atomic mass is 9.86. The smallest absolute Gasteiger partial charge is 0.343 e. The second-order valence-corrected chi connectivity index (χ2v) is 13.3. The van der Waals surface area contributed by atoms with Crippen LogP contribution in [0.5, 0.6) is 5.75 Å². The Balaban J connectivity index is 1.19. The molecule has 3 aromatic rings. The fraction of sp³-hybridized carbons (Fsp3) is 0.556. The second-order valence-electron chi connectivity index (χ2n) is 13.3. The maximum absolute atomic E-state index is 13.6. The second kappa shape index (κ2) is 12.0. The monoisotopic (exact) mass is 613 g/mol. The number of cyclic esters (lactones) is 1. The minimum Gasteiger partial charge on any atom is -0.458 e. The van der Waals surface area contributed by atoms with Gasteiger partial charge in [0.2, 0.25) is 0 Å². The first-order valence-electron chi connectivity index (χ1n) is 16.9. The van der Waals surface area contributed by atoms with Crippen LogP contribution in [0.15, 0.2) is 29.1 Å². The molecule has 0 unspecified atom stereocenters. The van der Waals surface area contributed by atoms with Gasteiger partial charge >= 0.3 is 11.9 Å². The van der Waals surface area contributed by atoms with Gasteiger partial charge in [0, 0.05) is 28.6 Å². The molecule has 0 radical (unpaired) electrons. The molecule has 2 aromatic heterocycles. The van der Waals surface area contributed by atoms with Crippen LogP contribution in [-0.2, 0) is 39.5 Å². The van der Waals surface area contributed by atoms with E-state index in [0.717, 1.165) is 47.7 Å². The van der Waals surface area contributed by atoms with Crippen molar-refractivity contribution >= 4 is 22.8 Å². The van der Waals surface area contributed by atoms with Gasteiger partial charge in [-0.2, -0.15) is 0 Å². The lowest BCUT2D eigenvalue weighted by Crippen LogP contribution is -2.48. The minimum absolute atomic E-state index is 0.0977. The largest absolute Gasteiger partial charge is 0.458 e. The summed E-state index contributed by atoms with van der Waals surface area (Å²) >= 11 is 0. The van der Waals surface area contributed by atoms with Gasteiger partial charge in [0.05, 0.1) is 35.6 Å². The molecule has 2 saturated carbocycles. The Morgan fingerprint density at radius 2 is 1.71 bits per heavy atom. The molecule has 0 amide bonds. The summed E-state index contributed by atoms with van der Waals surface area (Å²) in [6, 6.07) is 8.23. The Morgan fingerprint density at radius 1 is 1.02 bits per heavy atom. The highest BCUT2D eigenvalue weighted by Crippen LogP contribution is 2.41. The summed E-state index contributed by atoms with van der Waals surface area (Å²) in [5.74, 6) is -0.450. The van der Waals surface area contributed by atoms with Crippen LogP contribution in [-0.4, -0.2) is 50.1 Å². The van der Waals surface area contributed by atoms with E-state index in [1.165, 1.54) is 38.5 Å². The van der Waals surface area contributed by atoms with Crippen LogP contribution in [0.1, 0.15) is 107 Å². The molecule has 1 aromatic carbocycles. The van der Waals surface area contributed by atoms with Crippen molar-refractivity contribution in [2.24, 2.45) is 0 Å². The first-order valence-corrected chi connectivity index (χ1v) is 16.9. The van der Waals surface area contributed by atoms with Crippen molar-refractivity contribution in [2.75, 3.05) is 6.54 Å². The normalized spacial score (nSPS) is 21.8. The van der Waals surface area contributed by atoms with E-state index in [4.69, 9.17) is 14.5 Å². The molecular formula is C36H43N3O6. The number of esters is 2. The van der Waals surface area contributed by atoms with Crippen LogP contribution in [0, 0.1) is 0 Å². The number of aliphatic hydroxyl groups is 1. The van der Waals surface area contributed by atoms with Gasteiger partial charge in [0.15, 0.2) is 5.60 Å². The summed E-state index contributed by atoms with van der Waals surface area (Å²) in [6.45, 7) is 4.26. The van der Waals surface area contributed by atoms with E-state index >= 15 is 0 Å². The third kappa shape index (κ3) is 5.18. The predicted molar refractivity (Wildman–Crippen MR) is 170 cm³/mol. The van der Waals surface area contributed by atoms with Crippen molar-refractivity contribution in [3.05, 3.63) is 56.9 Å². The fourth-order valence-electron chi connectivity index (χ4n) is 8.30. The third-order valence-corrected chi connectivity index (χ3v) is 10.8. The Hall–Kier alpha value is -3.56. The van der Waals surface area contributed by atoms with Crippen molar-refractivity contribution in [1.82, 2.24) is 14.5 Å². The molecule has 2 fully saturated rings. The van der Waals surface area contributed by atoms with E-state index in [-0.39, 0.29) is 24.6 Å². The Labute approximate surface area is 263 Å². The Morgan fingerprint density at radius 3 is 2.36 bits per heavy atom. The Kier molecular flexibility index (Phi) is 8.02. The summed E-state index contributed by atoms with van der Waals surface area (Å²) in [4.78, 5) is 47.0. The van der Waals surface area contributed by atoms with Gasteiger partial charge < -0.3 is 19.1 Å². The highest BCUT2D eigenvalue weighted by molar-refractivity contribution is 5.90. The average molecular weight is 614 g/mol. The molecule has 4 aliphatic rings. The highest BCUT2D eigenvalue weighted by atomic mass is 16.6. The molecule has 238 valence electrons. The average Bonchev–Trinajstić information content (AvgIpc) is 3.43. The quantitative estimate of drug-likeness (QED) is 0.215. The number of carbonyl (C=O) groups excluding carboxylic acids is 2. The molecule has 4 heterocycles. The zero-order valence-electron chi connectivity index (χ0n) is 26.4. The lowest BCUT2D eigenvalue weighted by Gasteiger charge is -2.41. The third-order valence-electron chi connectivity index (χ3n) is 10.8. The SMILES string of the molecule is CCc1c2c(nc3ccc(OC(=O)CN(C4CCCCC4)C4CCCCC4)cc13)-c1cc3c(c(=O)n1C2)COC(=O)[C@]3(O)CC. The number of ether oxygens (including phenoxy) is 2. The van der Waals surface area contributed by atoms with E-state index < -0.39 is 11.6 Å². The van der Waals surface area contributed by atoms with E-state index in [0.29, 0.717) is 59.9 Å². The predicted octanol–water partition coefficient (Wildman–Crippen LogP) is 5.51. The lowest BCUT2D eigenvalue weighted by molar-refractivity contribution is -0.172. The molecule has 2 aliphatic heterocycles. The van der Waals surface area contributed by atoms with Crippen molar-refractivity contribution in [3.8, 4) is 17.1 Å². The van der Waals surface area contributed by atoms with Crippen LogP contribution in [0.25, 0.3) is 22.3 Å². The minimum atomic E-state index is -1.86. The zero-order chi connectivity index (χ0) is 31.3. The van der Waals surface area contributed by atoms with Gasteiger partial charge in [0.1, 0.15) is 12.4 Å². The van der Waals surface area contributed by atoms with Crippen molar-refractivity contribution in [1.29, 1.82) is 0 Å². The number of hydrogen-bond acceptors (Lipinski definition) is 8. The molecule has 1 N–H and O–H groups in total. The van der Waals surface area contributed by atoms with Crippen molar-refractivity contribution in [3.63, 3.8) is 0 Å². The van der Waals surface area contributed by atoms with Gasteiger partial charge in [-0.1, -0.05) is 52.4 Å². The molecule has 45 heavy (non-hydrogen) atoms. The molecule has 0 bridgehead atoms. The first-order chi connectivity index (χ1) is 21.8.